The number of aromatic nitrogens is 2. The summed E-state index contributed by atoms with van der Waals surface area (Å²) in [6, 6.07) is 11.7. The minimum Gasteiger partial charge on any atom is -0.343 e. The molecule has 1 N–H and O–H groups in total. The Morgan fingerprint density at radius 2 is 1.89 bits per heavy atom. The molecule has 0 radical (unpaired) electrons. The van der Waals surface area contributed by atoms with E-state index in [1.165, 1.54) is 44.3 Å². The zero-order valence-corrected chi connectivity index (χ0v) is 16.6. The quantitative estimate of drug-likeness (QED) is 0.679. The van der Waals surface area contributed by atoms with E-state index in [0.29, 0.717) is 17.3 Å². The minimum absolute atomic E-state index is 0.141. The molecule has 0 unspecified atom stereocenters. The highest BCUT2D eigenvalue weighted by atomic mass is 32.1. The number of hydrogen-bond acceptors (Lipinski definition) is 6. The molecule has 1 fully saturated rings. The van der Waals surface area contributed by atoms with Crippen molar-refractivity contribution >= 4 is 17.2 Å². The third-order valence-corrected chi connectivity index (χ3v) is 5.80. The first-order valence-corrected chi connectivity index (χ1v) is 10.6. The number of carbonyl (C=O) groups excluding carboxylic acids is 1. The first-order valence-electron chi connectivity index (χ1n) is 9.74. The van der Waals surface area contributed by atoms with Gasteiger partial charge in [0.05, 0.1) is 11.4 Å². The minimum atomic E-state index is -0.141. The molecule has 7 heteroatoms. The summed E-state index contributed by atoms with van der Waals surface area (Å²) in [4.78, 5) is 20.2. The van der Waals surface area contributed by atoms with Crippen LogP contribution in [0.5, 0.6) is 0 Å². The van der Waals surface area contributed by atoms with Crippen LogP contribution >= 0.6 is 11.3 Å². The van der Waals surface area contributed by atoms with Crippen molar-refractivity contribution in [1.82, 2.24) is 20.4 Å². The van der Waals surface area contributed by atoms with Crippen LogP contribution in [0, 0.1) is 0 Å². The second kappa shape index (κ2) is 9.12. The zero-order chi connectivity index (χ0) is 19.2. The number of benzene rings is 1. The van der Waals surface area contributed by atoms with E-state index < -0.39 is 0 Å². The van der Waals surface area contributed by atoms with Crippen LogP contribution in [0.15, 0.2) is 46.3 Å². The molecule has 0 saturated carbocycles. The van der Waals surface area contributed by atoms with Gasteiger partial charge in [0.2, 0.25) is 11.7 Å². The van der Waals surface area contributed by atoms with E-state index in [1.54, 1.807) is 11.3 Å². The molecule has 3 heterocycles. The summed E-state index contributed by atoms with van der Waals surface area (Å²) in [5.41, 5.74) is 1.88. The van der Waals surface area contributed by atoms with Crippen molar-refractivity contribution in [3.05, 3.63) is 58.8 Å². The lowest BCUT2D eigenvalue weighted by Crippen LogP contribution is -2.24. The van der Waals surface area contributed by atoms with Gasteiger partial charge in [0.15, 0.2) is 0 Å². The lowest BCUT2D eigenvalue weighted by atomic mass is 10.1. The maximum Gasteiger partial charge on any atom is 0.251 e. The number of rotatable bonds is 6. The van der Waals surface area contributed by atoms with E-state index in [-0.39, 0.29) is 12.5 Å². The Hall–Kier alpha value is -2.51. The van der Waals surface area contributed by atoms with Gasteiger partial charge in [0.25, 0.3) is 5.91 Å². The summed E-state index contributed by atoms with van der Waals surface area (Å²) in [5, 5.41) is 8.75. The van der Waals surface area contributed by atoms with E-state index in [0.717, 1.165) is 11.4 Å². The Kier molecular flexibility index (Phi) is 6.14. The fourth-order valence-corrected chi connectivity index (χ4v) is 4.05. The maximum absolute atomic E-state index is 12.4. The largest absolute Gasteiger partial charge is 0.343 e. The van der Waals surface area contributed by atoms with Crippen molar-refractivity contribution in [3.8, 4) is 10.7 Å². The molecular weight excluding hydrogens is 372 g/mol. The Morgan fingerprint density at radius 3 is 2.61 bits per heavy atom. The third-order valence-electron chi connectivity index (χ3n) is 4.93. The van der Waals surface area contributed by atoms with Crippen LogP contribution in [0.25, 0.3) is 10.7 Å². The van der Waals surface area contributed by atoms with Gasteiger partial charge in [-0.05, 0) is 55.1 Å². The highest BCUT2D eigenvalue weighted by Gasteiger charge is 2.13. The molecule has 0 aliphatic carbocycles. The molecule has 3 aromatic rings. The van der Waals surface area contributed by atoms with E-state index in [4.69, 9.17) is 4.52 Å². The lowest BCUT2D eigenvalue weighted by molar-refractivity contribution is 0.0946. The van der Waals surface area contributed by atoms with Crippen LogP contribution in [-0.4, -0.2) is 34.0 Å². The van der Waals surface area contributed by atoms with Gasteiger partial charge in [-0.25, -0.2) is 0 Å². The Labute approximate surface area is 168 Å². The fourth-order valence-electron chi connectivity index (χ4n) is 3.40. The van der Waals surface area contributed by atoms with E-state index >= 15 is 0 Å². The number of nitrogens with zero attached hydrogens (tertiary/aromatic N) is 3. The van der Waals surface area contributed by atoms with Crippen molar-refractivity contribution in [2.75, 3.05) is 13.1 Å². The molecule has 146 valence electrons. The van der Waals surface area contributed by atoms with Crippen molar-refractivity contribution in [2.24, 2.45) is 0 Å². The van der Waals surface area contributed by atoms with Crippen LogP contribution in [-0.2, 0) is 13.1 Å². The summed E-state index contributed by atoms with van der Waals surface area (Å²) in [5.74, 6) is 0.809. The average Bonchev–Trinajstić information content (AvgIpc) is 3.35. The molecule has 0 spiro atoms. The van der Waals surface area contributed by atoms with E-state index in [9.17, 15) is 4.79 Å². The molecule has 1 aliphatic rings. The Bertz CT molecular complexity index is 882. The molecule has 0 bridgehead atoms. The SMILES string of the molecule is O=C(NCc1nc(-c2cccs2)no1)c1ccc(CN2CCCCCC2)cc1. The third kappa shape index (κ3) is 4.85. The van der Waals surface area contributed by atoms with Crippen LogP contribution in [0.1, 0.15) is 47.5 Å². The molecule has 28 heavy (non-hydrogen) atoms. The van der Waals surface area contributed by atoms with Gasteiger partial charge in [0, 0.05) is 12.1 Å². The van der Waals surface area contributed by atoms with Crippen LogP contribution in [0.2, 0.25) is 0 Å². The highest BCUT2D eigenvalue weighted by molar-refractivity contribution is 7.13. The standard InChI is InChI=1S/C21H24N4O2S/c26-21(22-14-19-23-20(24-27-19)18-6-5-13-28-18)17-9-7-16(8-10-17)15-25-11-3-1-2-4-12-25/h5-10,13H,1-4,11-12,14-15H2,(H,22,26). The first kappa shape index (κ1) is 18.8. The van der Waals surface area contributed by atoms with E-state index in [1.807, 2.05) is 41.8 Å². The molecule has 1 aliphatic heterocycles. The van der Waals surface area contributed by atoms with Crippen LogP contribution in [0.4, 0.5) is 0 Å². The summed E-state index contributed by atoms with van der Waals surface area (Å²) in [7, 11) is 0. The molecule has 1 aromatic carbocycles. The number of nitrogens with one attached hydrogen (secondary N) is 1. The second-order valence-electron chi connectivity index (χ2n) is 7.06. The van der Waals surface area contributed by atoms with E-state index in [2.05, 4.69) is 20.4 Å². The van der Waals surface area contributed by atoms with Crippen molar-refractivity contribution in [1.29, 1.82) is 0 Å². The number of likely N-dealkylation sites (tertiary alicyclic amines) is 1. The predicted molar refractivity (Wildman–Crippen MR) is 109 cm³/mol. The predicted octanol–water partition coefficient (Wildman–Crippen LogP) is 4.10. The second-order valence-corrected chi connectivity index (χ2v) is 8.01. The summed E-state index contributed by atoms with van der Waals surface area (Å²) in [6.45, 7) is 3.50. The topological polar surface area (TPSA) is 71.3 Å². The first-order chi connectivity index (χ1) is 13.8. The maximum atomic E-state index is 12.4. The molecule has 1 saturated heterocycles. The number of amides is 1. The fraction of sp³-hybridized carbons (Fsp3) is 0.381. The van der Waals surface area contributed by atoms with Crippen molar-refractivity contribution in [2.45, 2.75) is 38.8 Å². The number of thiophene rings is 1. The smallest absolute Gasteiger partial charge is 0.251 e. The Balaban J connectivity index is 1.30. The Morgan fingerprint density at radius 1 is 1.11 bits per heavy atom. The summed E-state index contributed by atoms with van der Waals surface area (Å²) >= 11 is 1.55. The lowest BCUT2D eigenvalue weighted by Gasteiger charge is -2.19. The van der Waals surface area contributed by atoms with Gasteiger partial charge < -0.3 is 9.84 Å². The molecule has 1 amide bonds. The monoisotopic (exact) mass is 396 g/mol. The van der Waals surface area contributed by atoms with Gasteiger partial charge in [-0.3, -0.25) is 9.69 Å². The molecule has 0 atom stereocenters. The number of hydrogen-bond donors (Lipinski definition) is 1. The van der Waals surface area contributed by atoms with Crippen LogP contribution < -0.4 is 5.32 Å². The molecule has 6 nitrogen and oxygen atoms in total. The van der Waals surface area contributed by atoms with Gasteiger partial charge in [0.1, 0.15) is 0 Å². The summed E-state index contributed by atoms with van der Waals surface area (Å²) < 4.78 is 5.21. The summed E-state index contributed by atoms with van der Waals surface area (Å²) in [6.07, 6.45) is 5.24. The van der Waals surface area contributed by atoms with Crippen LogP contribution in [0.3, 0.4) is 0 Å². The molecular formula is C21H24N4O2S. The molecule has 4 rings (SSSR count). The van der Waals surface area contributed by atoms with Gasteiger partial charge >= 0.3 is 0 Å². The zero-order valence-electron chi connectivity index (χ0n) is 15.8. The van der Waals surface area contributed by atoms with Crippen molar-refractivity contribution in [3.63, 3.8) is 0 Å². The highest BCUT2D eigenvalue weighted by Crippen LogP contribution is 2.21. The molecule has 2 aromatic heterocycles. The van der Waals surface area contributed by atoms with Gasteiger partial charge in [-0.1, -0.05) is 36.2 Å². The van der Waals surface area contributed by atoms with Gasteiger partial charge in [-0.15, -0.1) is 11.3 Å². The number of carbonyl (C=O) groups is 1. The normalized spacial score (nSPS) is 15.3. The van der Waals surface area contributed by atoms with Gasteiger partial charge in [-0.2, -0.15) is 4.98 Å². The average molecular weight is 397 g/mol. The van der Waals surface area contributed by atoms with Crippen molar-refractivity contribution < 1.29 is 9.32 Å².